The van der Waals surface area contributed by atoms with Gasteiger partial charge in [-0.05, 0) is 38.1 Å². The topological polar surface area (TPSA) is 67.9 Å². The average molecular weight is 368 g/mol. The SMILES string of the molecule is COc1cc(C=O)c(NC(=O)C2CCCN2C)cc1OCc1ccccc1. The summed E-state index contributed by atoms with van der Waals surface area (Å²) in [5.74, 6) is 0.809. The predicted molar refractivity (Wildman–Crippen MR) is 103 cm³/mol. The van der Waals surface area contributed by atoms with Crippen molar-refractivity contribution in [1.29, 1.82) is 0 Å². The monoisotopic (exact) mass is 368 g/mol. The van der Waals surface area contributed by atoms with E-state index >= 15 is 0 Å². The maximum absolute atomic E-state index is 12.6. The third-order valence-electron chi connectivity index (χ3n) is 4.78. The average Bonchev–Trinajstić information content (AvgIpc) is 3.13. The van der Waals surface area contributed by atoms with Gasteiger partial charge in [0.25, 0.3) is 0 Å². The Hall–Kier alpha value is -2.86. The summed E-state index contributed by atoms with van der Waals surface area (Å²) >= 11 is 0. The Bertz CT molecular complexity index is 807. The van der Waals surface area contributed by atoms with E-state index in [1.165, 1.54) is 7.11 Å². The molecule has 6 nitrogen and oxygen atoms in total. The highest BCUT2D eigenvalue weighted by Gasteiger charge is 2.28. The first-order valence-corrected chi connectivity index (χ1v) is 8.97. The number of carbonyl (C=O) groups is 2. The third-order valence-corrected chi connectivity index (χ3v) is 4.78. The van der Waals surface area contributed by atoms with Gasteiger partial charge in [0.05, 0.1) is 18.8 Å². The van der Waals surface area contributed by atoms with Crippen LogP contribution in [0.2, 0.25) is 0 Å². The van der Waals surface area contributed by atoms with Crippen LogP contribution in [-0.2, 0) is 11.4 Å². The molecule has 27 heavy (non-hydrogen) atoms. The van der Waals surface area contributed by atoms with Crippen molar-refractivity contribution in [1.82, 2.24) is 4.90 Å². The lowest BCUT2D eigenvalue weighted by molar-refractivity contribution is -0.119. The summed E-state index contributed by atoms with van der Waals surface area (Å²) in [6.07, 6.45) is 2.51. The Morgan fingerprint density at radius 3 is 2.67 bits per heavy atom. The van der Waals surface area contributed by atoms with Gasteiger partial charge in [-0.1, -0.05) is 30.3 Å². The van der Waals surface area contributed by atoms with Crippen molar-refractivity contribution < 1.29 is 19.1 Å². The molecule has 0 aromatic heterocycles. The lowest BCUT2D eigenvalue weighted by Crippen LogP contribution is -2.37. The quantitative estimate of drug-likeness (QED) is 0.761. The van der Waals surface area contributed by atoms with Crippen LogP contribution < -0.4 is 14.8 Å². The van der Waals surface area contributed by atoms with Crippen LogP contribution in [0, 0.1) is 0 Å². The Morgan fingerprint density at radius 2 is 2.04 bits per heavy atom. The molecule has 142 valence electrons. The molecule has 1 heterocycles. The molecule has 1 unspecified atom stereocenters. The van der Waals surface area contributed by atoms with E-state index in [1.54, 1.807) is 12.1 Å². The molecule has 1 fully saturated rings. The molecule has 1 N–H and O–H groups in total. The molecule has 0 aliphatic carbocycles. The van der Waals surface area contributed by atoms with Gasteiger partial charge in [0.1, 0.15) is 6.61 Å². The first kappa shape index (κ1) is 18.9. The molecule has 0 spiro atoms. The molecule has 0 radical (unpaired) electrons. The van der Waals surface area contributed by atoms with Gasteiger partial charge in [-0.15, -0.1) is 0 Å². The molecule has 6 heteroatoms. The van der Waals surface area contributed by atoms with Gasteiger partial charge in [-0.3, -0.25) is 14.5 Å². The molecule has 1 saturated heterocycles. The lowest BCUT2D eigenvalue weighted by atomic mass is 10.1. The number of hydrogen-bond acceptors (Lipinski definition) is 5. The molecule has 1 amide bonds. The number of amides is 1. The van der Waals surface area contributed by atoms with Crippen molar-refractivity contribution in [2.24, 2.45) is 0 Å². The van der Waals surface area contributed by atoms with Gasteiger partial charge >= 0.3 is 0 Å². The molecule has 0 bridgehead atoms. The minimum absolute atomic E-state index is 0.114. The van der Waals surface area contributed by atoms with Crippen molar-refractivity contribution in [2.45, 2.75) is 25.5 Å². The second-order valence-electron chi connectivity index (χ2n) is 6.61. The summed E-state index contributed by atoms with van der Waals surface area (Å²) in [5, 5.41) is 2.88. The molecular weight excluding hydrogens is 344 g/mol. The van der Waals surface area contributed by atoms with Gasteiger partial charge in [-0.25, -0.2) is 0 Å². The number of hydrogen-bond donors (Lipinski definition) is 1. The van der Waals surface area contributed by atoms with Crippen molar-refractivity contribution in [3.05, 3.63) is 53.6 Å². The standard InChI is InChI=1S/C21H24N2O4/c1-23-10-6-9-18(23)21(25)22-17-12-20(19(26-2)11-16(17)13-24)27-14-15-7-4-3-5-8-15/h3-5,7-8,11-13,18H,6,9-10,14H2,1-2H3,(H,22,25). The predicted octanol–water partition coefficient (Wildman–Crippen LogP) is 3.12. The number of rotatable bonds is 7. The van der Waals surface area contributed by atoms with E-state index in [1.807, 2.05) is 42.3 Å². The zero-order chi connectivity index (χ0) is 19.2. The van der Waals surface area contributed by atoms with E-state index in [-0.39, 0.29) is 11.9 Å². The number of aldehydes is 1. The number of likely N-dealkylation sites (N-methyl/N-ethyl adjacent to an activating group) is 1. The van der Waals surface area contributed by atoms with E-state index in [0.29, 0.717) is 35.6 Å². The fourth-order valence-electron chi connectivity index (χ4n) is 3.25. The number of methoxy groups -OCH3 is 1. The fraction of sp³-hybridized carbons (Fsp3) is 0.333. The Morgan fingerprint density at radius 1 is 1.26 bits per heavy atom. The maximum atomic E-state index is 12.6. The Labute approximate surface area is 159 Å². The summed E-state index contributed by atoms with van der Waals surface area (Å²) in [6, 6.07) is 12.8. The number of likely N-dealkylation sites (tertiary alicyclic amines) is 1. The summed E-state index contributed by atoms with van der Waals surface area (Å²) < 4.78 is 11.2. The first-order chi connectivity index (χ1) is 13.1. The fourth-order valence-corrected chi connectivity index (χ4v) is 3.25. The largest absolute Gasteiger partial charge is 0.493 e. The van der Waals surface area contributed by atoms with Crippen LogP contribution in [0.5, 0.6) is 11.5 Å². The number of nitrogens with zero attached hydrogens (tertiary/aromatic N) is 1. The van der Waals surface area contributed by atoms with Crippen LogP contribution in [-0.4, -0.2) is 43.8 Å². The number of carbonyl (C=O) groups excluding carboxylic acids is 2. The molecule has 2 aromatic rings. The van der Waals surface area contributed by atoms with Crippen LogP contribution in [0.1, 0.15) is 28.8 Å². The van der Waals surface area contributed by atoms with E-state index < -0.39 is 0 Å². The zero-order valence-corrected chi connectivity index (χ0v) is 15.6. The van der Waals surface area contributed by atoms with Crippen molar-refractivity contribution in [3.8, 4) is 11.5 Å². The highest BCUT2D eigenvalue weighted by Crippen LogP contribution is 2.34. The second-order valence-corrected chi connectivity index (χ2v) is 6.61. The molecular formula is C21H24N2O4. The van der Waals surface area contributed by atoms with Gasteiger partial charge in [-0.2, -0.15) is 0 Å². The van der Waals surface area contributed by atoms with Gasteiger partial charge in [0.2, 0.25) is 5.91 Å². The van der Waals surface area contributed by atoms with Gasteiger partial charge in [0, 0.05) is 11.6 Å². The molecule has 1 aliphatic rings. The van der Waals surface area contributed by atoms with Gasteiger partial charge < -0.3 is 14.8 Å². The summed E-state index contributed by atoms with van der Waals surface area (Å²) in [7, 11) is 3.45. The number of ether oxygens (including phenoxy) is 2. The van der Waals surface area contributed by atoms with Crippen LogP contribution in [0.15, 0.2) is 42.5 Å². The normalized spacial score (nSPS) is 16.7. The molecule has 3 rings (SSSR count). The molecule has 2 aromatic carbocycles. The Balaban J connectivity index is 1.81. The zero-order valence-electron chi connectivity index (χ0n) is 15.6. The minimum Gasteiger partial charge on any atom is -0.493 e. The van der Waals surface area contributed by atoms with Crippen molar-refractivity contribution in [2.75, 3.05) is 26.0 Å². The summed E-state index contributed by atoms with van der Waals surface area (Å²) in [6.45, 7) is 1.25. The number of anilines is 1. The molecule has 1 atom stereocenters. The highest BCUT2D eigenvalue weighted by molar-refractivity contribution is 5.99. The first-order valence-electron chi connectivity index (χ1n) is 8.97. The van der Waals surface area contributed by atoms with E-state index in [0.717, 1.165) is 24.9 Å². The van der Waals surface area contributed by atoms with Crippen LogP contribution in [0.4, 0.5) is 5.69 Å². The third kappa shape index (κ3) is 4.46. The lowest BCUT2D eigenvalue weighted by Gasteiger charge is -2.20. The summed E-state index contributed by atoms with van der Waals surface area (Å²) in [5.41, 5.74) is 1.80. The number of benzene rings is 2. The van der Waals surface area contributed by atoms with Crippen molar-refractivity contribution >= 4 is 17.9 Å². The van der Waals surface area contributed by atoms with Crippen LogP contribution >= 0.6 is 0 Å². The van der Waals surface area contributed by atoms with Crippen LogP contribution in [0.25, 0.3) is 0 Å². The second kappa shape index (κ2) is 8.68. The van der Waals surface area contributed by atoms with E-state index in [4.69, 9.17) is 9.47 Å². The summed E-state index contributed by atoms with van der Waals surface area (Å²) in [4.78, 5) is 26.1. The Kier molecular flexibility index (Phi) is 6.08. The number of nitrogens with one attached hydrogen (secondary N) is 1. The molecule has 0 saturated carbocycles. The van der Waals surface area contributed by atoms with Crippen LogP contribution in [0.3, 0.4) is 0 Å². The van der Waals surface area contributed by atoms with Gasteiger partial charge in [0.15, 0.2) is 17.8 Å². The van der Waals surface area contributed by atoms with Crippen molar-refractivity contribution in [3.63, 3.8) is 0 Å². The smallest absolute Gasteiger partial charge is 0.241 e. The maximum Gasteiger partial charge on any atom is 0.241 e. The highest BCUT2D eigenvalue weighted by atomic mass is 16.5. The molecule has 1 aliphatic heterocycles. The van der Waals surface area contributed by atoms with E-state index in [2.05, 4.69) is 5.32 Å². The minimum atomic E-state index is -0.180. The van der Waals surface area contributed by atoms with E-state index in [9.17, 15) is 9.59 Å².